The molecule has 3 aromatic carbocycles. The van der Waals surface area contributed by atoms with Crippen LogP contribution >= 0.6 is 0 Å². The SMILES string of the molecule is CCOC(=O)c1ccccc1N(CC#Cc1ccccc1)Cc1ccccc1. The molecule has 0 atom stereocenters. The van der Waals surface area contributed by atoms with Crippen molar-refractivity contribution in [2.75, 3.05) is 18.1 Å². The third-order valence-electron chi connectivity index (χ3n) is 4.23. The lowest BCUT2D eigenvalue weighted by atomic mass is 10.1. The summed E-state index contributed by atoms with van der Waals surface area (Å²) in [7, 11) is 0. The number of nitrogens with zero attached hydrogens (tertiary/aromatic N) is 1. The first kappa shape index (κ1) is 19.3. The smallest absolute Gasteiger partial charge is 0.340 e. The van der Waals surface area contributed by atoms with E-state index >= 15 is 0 Å². The van der Waals surface area contributed by atoms with Crippen LogP contribution in [0.15, 0.2) is 84.9 Å². The van der Waals surface area contributed by atoms with Crippen molar-refractivity contribution in [2.45, 2.75) is 13.5 Å². The van der Waals surface area contributed by atoms with E-state index in [-0.39, 0.29) is 5.97 Å². The summed E-state index contributed by atoms with van der Waals surface area (Å²) in [5.41, 5.74) is 3.51. The molecule has 3 rings (SSSR count). The van der Waals surface area contributed by atoms with Crippen molar-refractivity contribution >= 4 is 11.7 Å². The molecule has 0 spiro atoms. The van der Waals surface area contributed by atoms with Crippen LogP contribution in [0, 0.1) is 11.8 Å². The van der Waals surface area contributed by atoms with E-state index in [1.54, 1.807) is 6.07 Å². The molecule has 0 fully saturated rings. The first-order valence-electron chi connectivity index (χ1n) is 9.37. The second-order valence-corrected chi connectivity index (χ2v) is 6.25. The van der Waals surface area contributed by atoms with E-state index in [4.69, 9.17) is 4.74 Å². The molecule has 0 heterocycles. The Bertz CT molecular complexity index is 956. The molecule has 0 N–H and O–H groups in total. The molecule has 0 unspecified atom stereocenters. The van der Waals surface area contributed by atoms with Gasteiger partial charge in [0.2, 0.25) is 0 Å². The Morgan fingerprint density at radius 1 is 0.893 bits per heavy atom. The van der Waals surface area contributed by atoms with Crippen LogP contribution in [0.25, 0.3) is 0 Å². The third kappa shape index (κ3) is 5.25. The van der Waals surface area contributed by atoms with E-state index in [0.29, 0.717) is 25.3 Å². The zero-order valence-electron chi connectivity index (χ0n) is 16.0. The Labute approximate surface area is 166 Å². The Morgan fingerprint density at radius 3 is 2.25 bits per heavy atom. The average Bonchev–Trinajstić information content (AvgIpc) is 2.75. The molecule has 3 aromatic rings. The third-order valence-corrected chi connectivity index (χ3v) is 4.23. The Hall–Kier alpha value is -3.51. The molecule has 0 bridgehead atoms. The van der Waals surface area contributed by atoms with E-state index in [0.717, 1.165) is 16.8 Å². The van der Waals surface area contributed by atoms with Gasteiger partial charge in [0.1, 0.15) is 0 Å². The van der Waals surface area contributed by atoms with Crippen molar-refractivity contribution in [1.82, 2.24) is 0 Å². The standard InChI is InChI=1S/C25H23NO2/c1-2-28-25(27)23-17-9-10-18-24(23)26(20-22-14-7-4-8-15-22)19-11-16-21-12-5-3-6-13-21/h3-10,12-15,17-18H,2,19-20H2,1H3. The zero-order chi connectivity index (χ0) is 19.6. The summed E-state index contributed by atoms with van der Waals surface area (Å²) in [5, 5.41) is 0. The molecule has 0 saturated carbocycles. The number of hydrogen-bond donors (Lipinski definition) is 0. The lowest BCUT2D eigenvalue weighted by Gasteiger charge is -2.24. The Kier molecular flexibility index (Phi) is 6.87. The maximum Gasteiger partial charge on any atom is 0.340 e. The number of anilines is 1. The maximum absolute atomic E-state index is 12.4. The topological polar surface area (TPSA) is 29.5 Å². The number of benzene rings is 3. The van der Waals surface area contributed by atoms with Gasteiger partial charge in [-0.2, -0.15) is 0 Å². The highest BCUT2D eigenvalue weighted by Gasteiger charge is 2.17. The van der Waals surface area contributed by atoms with Crippen molar-refractivity contribution in [2.24, 2.45) is 0 Å². The number of hydrogen-bond acceptors (Lipinski definition) is 3. The second kappa shape index (κ2) is 9.99. The average molecular weight is 369 g/mol. The highest BCUT2D eigenvalue weighted by molar-refractivity contribution is 5.96. The molecule has 0 saturated heterocycles. The molecule has 0 aromatic heterocycles. The Balaban J connectivity index is 1.90. The fourth-order valence-electron chi connectivity index (χ4n) is 2.92. The minimum Gasteiger partial charge on any atom is -0.462 e. The molecule has 0 aliphatic rings. The van der Waals surface area contributed by atoms with E-state index in [1.807, 2.05) is 73.7 Å². The summed E-state index contributed by atoms with van der Waals surface area (Å²) in [6.45, 7) is 3.31. The normalized spacial score (nSPS) is 9.89. The number of carbonyl (C=O) groups is 1. The highest BCUT2D eigenvalue weighted by Crippen LogP contribution is 2.23. The van der Waals surface area contributed by atoms with Crippen LogP contribution in [0.5, 0.6) is 0 Å². The quantitative estimate of drug-likeness (QED) is 0.456. The van der Waals surface area contributed by atoms with Gasteiger partial charge in [-0.1, -0.05) is 72.5 Å². The minimum atomic E-state index is -0.313. The van der Waals surface area contributed by atoms with Crippen LogP contribution in [0.1, 0.15) is 28.4 Å². The molecule has 140 valence electrons. The largest absolute Gasteiger partial charge is 0.462 e. The van der Waals surface area contributed by atoms with Crippen molar-refractivity contribution in [3.63, 3.8) is 0 Å². The van der Waals surface area contributed by atoms with Crippen molar-refractivity contribution in [1.29, 1.82) is 0 Å². The van der Waals surface area contributed by atoms with Crippen molar-refractivity contribution in [3.8, 4) is 11.8 Å². The molecule has 28 heavy (non-hydrogen) atoms. The molecule has 0 amide bonds. The zero-order valence-corrected chi connectivity index (χ0v) is 16.0. The highest BCUT2D eigenvalue weighted by atomic mass is 16.5. The van der Waals surface area contributed by atoms with Crippen molar-refractivity contribution in [3.05, 3.63) is 102 Å². The van der Waals surface area contributed by atoms with Crippen LogP contribution in [0.3, 0.4) is 0 Å². The summed E-state index contributed by atoms with van der Waals surface area (Å²) in [6.07, 6.45) is 0. The van der Waals surface area contributed by atoms with Gasteiger partial charge in [0, 0.05) is 12.1 Å². The molecule has 3 nitrogen and oxygen atoms in total. The number of para-hydroxylation sites is 1. The molecule has 0 aliphatic heterocycles. The van der Waals surface area contributed by atoms with Gasteiger partial charge < -0.3 is 9.64 Å². The van der Waals surface area contributed by atoms with E-state index in [9.17, 15) is 4.79 Å². The lowest BCUT2D eigenvalue weighted by molar-refractivity contribution is 0.0527. The van der Waals surface area contributed by atoms with E-state index in [2.05, 4.69) is 28.9 Å². The molecule has 3 heteroatoms. The van der Waals surface area contributed by atoms with Gasteiger partial charge in [-0.15, -0.1) is 0 Å². The van der Waals surface area contributed by atoms with Gasteiger partial charge in [0.05, 0.1) is 24.4 Å². The number of esters is 1. The fourth-order valence-corrected chi connectivity index (χ4v) is 2.92. The minimum absolute atomic E-state index is 0.313. The van der Waals surface area contributed by atoms with E-state index in [1.165, 1.54) is 0 Å². The van der Waals surface area contributed by atoms with Crippen LogP contribution < -0.4 is 4.90 Å². The summed E-state index contributed by atoms with van der Waals surface area (Å²) >= 11 is 0. The maximum atomic E-state index is 12.4. The van der Waals surface area contributed by atoms with Gasteiger partial charge >= 0.3 is 5.97 Å². The van der Waals surface area contributed by atoms with Crippen LogP contribution in [-0.4, -0.2) is 19.1 Å². The van der Waals surface area contributed by atoms with Crippen LogP contribution in [0.4, 0.5) is 5.69 Å². The predicted octanol–water partition coefficient (Wildman–Crippen LogP) is 4.92. The molecule has 0 aliphatic carbocycles. The number of ether oxygens (including phenoxy) is 1. The number of rotatable bonds is 6. The summed E-state index contributed by atoms with van der Waals surface area (Å²) in [6, 6.07) is 27.6. The first-order chi connectivity index (χ1) is 13.8. The van der Waals surface area contributed by atoms with Gasteiger partial charge in [-0.3, -0.25) is 0 Å². The second-order valence-electron chi connectivity index (χ2n) is 6.25. The lowest BCUT2D eigenvalue weighted by Crippen LogP contribution is -2.25. The molecular weight excluding hydrogens is 346 g/mol. The molecular formula is C25H23NO2. The van der Waals surface area contributed by atoms with Gasteiger partial charge in [0.15, 0.2) is 0 Å². The van der Waals surface area contributed by atoms with Gasteiger partial charge in [-0.25, -0.2) is 4.79 Å². The number of carbonyl (C=O) groups excluding carboxylic acids is 1. The summed E-state index contributed by atoms with van der Waals surface area (Å²) in [5.74, 6) is 6.13. The Morgan fingerprint density at radius 2 is 1.54 bits per heavy atom. The van der Waals surface area contributed by atoms with Crippen molar-refractivity contribution < 1.29 is 9.53 Å². The van der Waals surface area contributed by atoms with Crippen LogP contribution in [-0.2, 0) is 11.3 Å². The predicted molar refractivity (Wildman–Crippen MR) is 113 cm³/mol. The fraction of sp³-hybridized carbons (Fsp3) is 0.160. The van der Waals surface area contributed by atoms with Gasteiger partial charge in [-0.05, 0) is 36.8 Å². The van der Waals surface area contributed by atoms with Crippen LogP contribution in [0.2, 0.25) is 0 Å². The van der Waals surface area contributed by atoms with E-state index < -0.39 is 0 Å². The monoisotopic (exact) mass is 369 g/mol. The summed E-state index contributed by atoms with van der Waals surface area (Å²) < 4.78 is 5.24. The first-order valence-corrected chi connectivity index (χ1v) is 9.37. The summed E-state index contributed by atoms with van der Waals surface area (Å²) in [4.78, 5) is 14.5. The van der Waals surface area contributed by atoms with Gasteiger partial charge in [0.25, 0.3) is 0 Å². The molecule has 0 radical (unpaired) electrons.